The summed E-state index contributed by atoms with van der Waals surface area (Å²) in [6.45, 7) is 15.1. The summed E-state index contributed by atoms with van der Waals surface area (Å²) in [6.07, 6.45) is 1.74. The molecule has 1 aromatic carbocycles. The fourth-order valence-corrected chi connectivity index (χ4v) is 4.00. The highest BCUT2D eigenvalue weighted by molar-refractivity contribution is 7.14. The lowest BCUT2D eigenvalue weighted by atomic mass is 10.1. The number of nitrogens with zero attached hydrogens (tertiary/aromatic N) is 1. The van der Waals surface area contributed by atoms with Crippen molar-refractivity contribution >= 4 is 41.0 Å². The lowest BCUT2D eigenvalue weighted by Gasteiger charge is -2.12. The second-order valence-corrected chi connectivity index (χ2v) is 8.13. The number of carbonyl (C=O) groups excluding carboxylic acids is 1. The first-order chi connectivity index (χ1) is 14.8. The molecule has 0 atom stereocenters. The molecule has 0 saturated carbocycles. The number of hydrogen-bond acceptors (Lipinski definition) is 6. The number of anilines is 2. The zero-order valence-electron chi connectivity index (χ0n) is 20.1. The van der Waals surface area contributed by atoms with Crippen LogP contribution in [-0.2, 0) is 6.42 Å². The molecule has 0 spiro atoms. The zero-order valence-corrected chi connectivity index (χ0v) is 21.0. The third-order valence-corrected chi connectivity index (χ3v) is 5.56. The molecule has 6 nitrogen and oxygen atoms in total. The molecule has 1 heterocycles. The van der Waals surface area contributed by atoms with Gasteiger partial charge in [-0.3, -0.25) is 4.79 Å². The summed E-state index contributed by atoms with van der Waals surface area (Å²) < 4.78 is 0. The first kappa shape index (κ1) is 28.5. The maximum Gasteiger partial charge on any atom is 0.263 e. The Balaban J connectivity index is 0.00000116. The number of aliphatic imine (C=N–C) groups is 1. The van der Waals surface area contributed by atoms with Crippen molar-refractivity contribution in [3.8, 4) is 0 Å². The molecule has 0 bridgehead atoms. The summed E-state index contributed by atoms with van der Waals surface area (Å²) in [5.74, 6) is -0.0309. The van der Waals surface area contributed by atoms with Crippen molar-refractivity contribution in [3.05, 3.63) is 44.6 Å². The monoisotopic (exact) mass is 446 g/mol. The van der Waals surface area contributed by atoms with Crippen LogP contribution in [0.2, 0.25) is 0 Å². The van der Waals surface area contributed by atoms with Crippen LogP contribution < -0.4 is 10.6 Å². The number of benzene rings is 1. The van der Waals surface area contributed by atoms with Gasteiger partial charge in [-0.1, -0.05) is 19.9 Å². The summed E-state index contributed by atoms with van der Waals surface area (Å²) in [7, 11) is 2.64. The Morgan fingerprint density at radius 3 is 2.35 bits per heavy atom. The number of amides is 1. The van der Waals surface area contributed by atoms with E-state index in [0.717, 1.165) is 57.9 Å². The lowest BCUT2D eigenvalue weighted by molar-refractivity contribution is 0.0948. The predicted octanol–water partition coefficient (Wildman–Crippen LogP) is 5.51. The molecule has 1 amide bonds. The van der Waals surface area contributed by atoms with Crippen LogP contribution in [0.5, 0.6) is 0 Å². The van der Waals surface area contributed by atoms with Gasteiger partial charge in [-0.15, -0.1) is 11.3 Å². The third-order valence-electron chi connectivity index (χ3n) is 4.36. The van der Waals surface area contributed by atoms with Gasteiger partial charge in [-0.2, -0.15) is 0 Å². The predicted molar refractivity (Wildman–Crippen MR) is 136 cm³/mol. The Labute approximate surface area is 191 Å². The van der Waals surface area contributed by atoms with Crippen molar-refractivity contribution in [1.82, 2.24) is 5.32 Å². The van der Waals surface area contributed by atoms with E-state index in [1.807, 2.05) is 53.7 Å². The van der Waals surface area contributed by atoms with Crippen LogP contribution in [0, 0.1) is 19.3 Å². The third kappa shape index (κ3) is 7.92. The van der Waals surface area contributed by atoms with Crippen LogP contribution >= 0.6 is 11.3 Å². The molecule has 0 radical (unpaired) electrons. The molecule has 4 N–H and O–H groups in total. The summed E-state index contributed by atoms with van der Waals surface area (Å²) in [5.41, 5.74) is 5.96. The van der Waals surface area contributed by atoms with Gasteiger partial charge in [0.1, 0.15) is 4.88 Å². The molecule has 3 rings (SSSR count). The number of nitrogens with one attached hydrogen (secondary N) is 3. The number of aliphatic hydroxyl groups is 1. The number of aliphatic hydroxyl groups excluding tert-OH is 1. The van der Waals surface area contributed by atoms with E-state index in [9.17, 15) is 4.79 Å². The van der Waals surface area contributed by atoms with Gasteiger partial charge in [-0.25, -0.2) is 0 Å². The zero-order chi connectivity index (χ0) is 24.1. The highest BCUT2D eigenvalue weighted by atomic mass is 32.1. The molecule has 172 valence electrons. The number of rotatable bonds is 4. The van der Waals surface area contributed by atoms with Crippen molar-refractivity contribution in [2.24, 2.45) is 4.99 Å². The van der Waals surface area contributed by atoms with Gasteiger partial charge in [0.15, 0.2) is 0 Å². The van der Waals surface area contributed by atoms with E-state index in [-0.39, 0.29) is 11.9 Å². The van der Waals surface area contributed by atoms with Gasteiger partial charge in [0.2, 0.25) is 0 Å². The summed E-state index contributed by atoms with van der Waals surface area (Å²) >= 11 is 1.53. The van der Waals surface area contributed by atoms with Crippen molar-refractivity contribution in [2.45, 2.75) is 60.4 Å². The minimum Gasteiger partial charge on any atom is -0.400 e. The minimum atomic E-state index is -0.0309. The number of thiophene rings is 1. The van der Waals surface area contributed by atoms with Crippen molar-refractivity contribution in [1.29, 1.82) is 5.41 Å². The molecule has 0 fully saturated rings. The minimum absolute atomic E-state index is 0.0309. The molecule has 1 aliphatic rings. The largest absolute Gasteiger partial charge is 0.400 e. The molecule has 0 unspecified atom stereocenters. The topological polar surface area (TPSA) is 97.6 Å². The van der Waals surface area contributed by atoms with Crippen LogP contribution in [0.1, 0.15) is 65.4 Å². The van der Waals surface area contributed by atoms with E-state index < -0.39 is 0 Å². The highest BCUT2D eigenvalue weighted by Crippen LogP contribution is 2.35. The average molecular weight is 447 g/mol. The second kappa shape index (κ2) is 14.5. The molecule has 2 aromatic rings. The van der Waals surface area contributed by atoms with Gasteiger partial charge in [-0.05, 0) is 76.1 Å². The molecule has 0 saturated heterocycles. The Hall–Kier alpha value is -2.51. The van der Waals surface area contributed by atoms with Crippen LogP contribution in [-0.4, -0.2) is 43.6 Å². The molecule has 0 aliphatic heterocycles. The van der Waals surface area contributed by atoms with E-state index in [1.165, 1.54) is 16.9 Å². The average Bonchev–Trinajstić information content (AvgIpc) is 3.25. The summed E-state index contributed by atoms with van der Waals surface area (Å²) in [4.78, 5) is 17.6. The van der Waals surface area contributed by atoms with E-state index in [1.54, 1.807) is 7.05 Å². The van der Waals surface area contributed by atoms with Crippen LogP contribution in [0.15, 0.2) is 23.2 Å². The van der Waals surface area contributed by atoms with Crippen molar-refractivity contribution < 1.29 is 9.90 Å². The van der Waals surface area contributed by atoms with Gasteiger partial charge in [0.25, 0.3) is 5.91 Å². The Morgan fingerprint density at radius 1 is 1.23 bits per heavy atom. The number of fused-ring (bicyclic) bond motifs is 1. The Bertz CT molecular complexity index is 873. The first-order valence-electron chi connectivity index (χ1n) is 10.5. The van der Waals surface area contributed by atoms with Crippen molar-refractivity contribution in [2.75, 3.05) is 19.5 Å². The molecule has 31 heavy (non-hydrogen) atoms. The lowest BCUT2D eigenvalue weighted by Crippen LogP contribution is -2.29. The molecular weight excluding hydrogens is 408 g/mol. The van der Waals surface area contributed by atoms with E-state index in [4.69, 9.17) is 10.5 Å². The van der Waals surface area contributed by atoms with Crippen LogP contribution in [0.3, 0.4) is 0 Å². The SMILES string of the molecule is C=NC.CC.CO.Cc1sc(C(=O)NC(C)C)c(Nc2ccc3c(c2)CCC3=N)c1C. The smallest absolute Gasteiger partial charge is 0.263 e. The quantitative estimate of drug-likeness (QED) is 0.466. The van der Waals surface area contributed by atoms with Crippen molar-refractivity contribution in [3.63, 3.8) is 0 Å². The fraction of sp³-hybridized carbons (Fsp3) is 0.458. The van der Waals surface area contributed by atoms with Gasteiger partial charge < -0.3 is 26.1 Å². The van der Waals surface area contributed by atoms with Gasteiger partial charge in [0.05, 0.1) is 5.69 Å². The fourth-order valence-electron chi connectivity index (χ4n) is 2.98. The molecular formula is C24H38N4O2S. The van der Waals surface area contributed by atoms with Crippen LogP contribution in [0.25, 0.3) is 0 Å². The molecule has 7 heteroatoms. The second-order valence-electron chi connectivity index (χ2n) is 6.91. The van der Waals surface area contributed by atoms with E-state index in [2.05, 4.69) is 28.4 Å². The van der Waals surface area contributed by atoms with E-state index in [0.29, 0.717) is 0 Å². The summed E-state index contributed by atoms with van der Waals surface area (Å²) in [5, 5.41) is 21.4. The normalized spacial score (nSPS) is 11.1. The van der Waals surface area contributed by atoms with Gasteiger partial charge >= 0.3 is 0 Å². The number of hydrogen-bond donors (Lipinski definition) is 4. The molecule has 1 aliphatic carbocycles. The van der Waals surface area contributed by atoms with E-state index >= 15 is 0 Å². The maximum absolute atomic E-state index is 12.5. The molecule has 1 aromatic heterocycles. The Kier molecular flexibility index (Phi) is 13.3. The first-order valence-corrected chi connectivity index (χ1v) is 11.3. The highest BCUT2D eigenvalue weighted by Gasteiger charge is 2.21. The summed E-state index contributed by atoms with van der Waals surface area (Å²) in [6, 6.07) is 6.22. The van der Waals surface area contributed by atoms with Crippen LogP contribution in [0.4, 0.5) is 11.4 Å². The Morgan fingerprint density at radius 2 is 1.81 bits per heavy atom. The number of carbonyl (C=O) groups is 1. The van der Waals surface area contributed by atoms with Gasteiger partial charge in [0, 0.05) is 36.5 Å². The maximum atomic E-state index is 12.5. The standard InChI is InChI=1S/C19H23N3OS.C2H5N.C2H6.CH4O/c1-10(2)21-19(23)18-17(11(3)12(4)24-18)22-14-6-7-15-13(9-14)5-8-16(15)20;1-3-2;2*1-2/h6-7,9-10,20,22H,5,8H2,1-4H3,(H,21,23);1H2,2H3;1-2H3;2H,1H3. The number of aryl methyl sites for hydroxylation is 2.